The van der Waals surface area contributed by atoms with Crippen molar-refractivity contribution in [3.8, 4) is 22.8 Å². The zero-order valence-corrected chi connectivity index (χ0v) is 12.3. The van der Waals surface area contributed by atoms with E-state index in [9.17, 15) is 0 Å². The number of ether oxygens (including phenoxy) is 2. The van der Waals surface area contributed by atoms with Gasteiger partial charge < -0.3 is 15.2 Å². The molecule has 5 nitrogen and oxygen atoms in total. The first-order valence-electron chi connectivity index (χ1n) is 6.60. The van der Waals surface area contributed by atoms with Crippen LogP contribution in [0.25, 0.3) is 16.9 Å². The summed E-state index contributed by atoms with van der Waals surface area (Å²) in [6.07, 6.45) is 1.88. The minimum Gasteiger partial charge on any atom is -0.493 e. The van der Waals surface area contributed by atoms with Crippen LogP contribution < -0.4 is 15.2 Å². The maximum absolute atomic E-state index is 5.89. The Hall–Kier alpha value is -2.69. The SMILES string of the molecule is COc1ccc(-c2c(C)nc3ccc(N)cn23)cc1OC. The minimum atomic E-state index is 0.688. The monoisotopic (exact) mass is 283 g/mol. The molecule has 5 heteroatoms. The Kier molecular flexibility index (Phi) is 3.17. The number of pyridine rings is 1. The van der Waals surface area contributed by atoms with Gasteiger partial charge in [-0.05, 0) is 37.3 Å². The molecule has 0 radical (unpaired) electrons. The van der Waals surface area contributed by atoms with E-state index in [0.717, 1.165) is 22.6 Å². The maximum Gasteiger partial charge on any atom is 0.161 e. The van der Waals surface area contributed by atoms with Crippen LogP contribution in [0.1, 0.15) is 5.69 Å². The molecule has 0 aliphatic carbocycles. The minimum absolute atomic E-state index is 0.688. The van der Waals surface area contributed by atoms with E-state index < -0.39 is 0 Å². The molecule has 0 aliphatic heterocycles. The molecule has 21 heavy (non-hydrogen) atoms. The van der Waals surface area contributed by atoms with Gasteiger partial charge in [0.05, 0.1) is 25.6 Å². The summed E-state index contributed by atoms with van der Waals surface area (Å²) in [4.78, 5) is 4.56. The van der Waals surface area contributed by atoms with Crippen LogP contribution in [0.4, 0.5) is 5.69 Å². The van der Waals surface area contributed by atoms with Crippen LogP contribution in [0.3, 0.4) is 0 Å². The van der Waals surface area contributed by atoms with Gasteiger partial charge in [0.1, 0.15) is 5.65 Å². The molecule has 3 aromatic rings. The highest BCUT2D eigenvalue weighted by Crippen LogP contribution is 2.34. The second kappa shape index (κ2) is 5.01. The normalized spacial score (nSPS) is 10.8. The van der Waals surface area contributed by atoms with E-state index in [4.69, 9.17) is 15.2 Å². The van der Waals surface area contributed by atoms with Crippen LogP contribution in [0.5, 0.6) is 11.5 Å². The van der Waals surface area contributed by atoms with Crippen molar-refractivity contribution in [2.75, 3.05) is 20.0 Å². The Morgan fingerprint density at radius 2 is 1.81 bits per heavy atom. The number of anilines is 1. The summed E-state index contributed by atoms with van der Waals surface area (Å²) in [7, 11) is 3.25. The fraction of sp³-hybridized carbons (Fsp3) is 0.188. The number of rotatable bonds is 3. The molecule has 2 aromatic heterocycles. The van der Waals surface area contributed by atoms with E-state index >= 15 is 0 Å². The Labute approximate surface area is 122 Å². The Bertz CT molecular complexity index is 809. The summed E-state index contributed by atoms with van der Waals surface area (Å²) in [5, 5.41) is 0. The Balaban J connectivity index is 2.24. The van der Waals surface area contributed by atoms with Crippen molar-refractivity contribution in [3.05, 3.63) is 42.2 Å². The number of aromatic nitrogens is 2. The largest absolute Gasteiger partial charge is 0.493 e. The second-order valence-corrected chi connectivity index (χ2v) is 4.81. The molecule has 0 saturated carbocycles. The van der Waals surface area contributed by atoms with Gasteiger partial charge in [0.25, 0.3) is 0 Å². The molecule has 108 valence electrons. The number of benzene rings is 1. The third-order valence-corrected chi connectivity index (χ3v) is 3.47. The zero-order valence-electron chi connectivity index (χ0n) is 12.3. The first kappa shape index (κ1) is 13.3. The molecular weight excluding hydrogens is 266 g/mol. The second-order valence-electron chi connectivity index (χ2n) is 4.81. The van der Waals surface area contributed by atoms with Gasteiger partial charge in [0.15, 0.2) is 11.5 Å². The van der Waals surface area contributed by atoms with Crippen molar-refractivity contribution in [1.29, 1.82) is 0 Å². The molecule has 0 unspecified atom stereocenters. The van der Waals surface area contributed by atoms with Gasteiger partial charge in [0.2, 0.25) is 0 Å². The van der Waals surface area contributed by atoms with E-state index in [0.29, 0.717) is 17.2 Å². The lowest BCUT2D eigenvalue weighted by molar-refractivity contribution is 0.355. The highest BCUT2D eigenvalue weighted by Gasteiger charge is 2.13. The Morgan fingerprint density at radius 1 is 1.05 bits per heavy atom. The van der Waals surface area contributed by atoms with Crippen LogP contribution in [0.2, 0.25) is 0 Å². The number of aryl methyl sites for hydroxylation is 1. The highest BCUT2D eigenvalue weighted by molar-refractivity contribution is 5.70. The third-order valence-electron chi connectivity index (χ3n) is 3.47. The van der Waals surface area contributed by atoms with Gasteiger partial charge in [-0.3, -0.25) is 4.40 Å². The van der Waals surface area contributed by atoms with Crippen LogP contribution in [-0.2, 0) is 0 Å². The van der Waals surface area contributed by atoms with Gasteiger partial charge in [-0.2, -0.15) is 0 Å². The first-order chi connectivity index (χ1) is 10.1. The van der Waals surface area contributed by atoms with Gasteiger partial charge in [-0.1, -0.05) is 0 Å². The van der Waals surface area contributed by atoms with Gasteiger partial charge >= 0.3 is 0 Å². The summed E-state index contributed by atoms with van der Waals surface area (Å²) in [6.45, 7) is 1.98. The molecule has 2 N–H and O–H groups in total. The molecule has 0 fully saturated rings. The lowest BCUT2D eigenvalue weighted by Crippen LogP contribution is -1.95. The van der Waals surface area contributed by atoms with Crippen molar-refractivity contribution >= 4 is 11.3 Å². The predicted molar refractivity (Wildman–Crippen MR) is 82.9 cm³/mol. The average molecular weight is 283 g/mol. The number of nitrogen functional groups attached to an aromatic ring is 1. The lowest BCUT2D eigenvalue weighted by Gasteiger charge is -2.10. The van der Waals surface area contributed by atoms with Crippen LogP contribution in [0.15, 0.2) is 36.5 Å². The summed E-state index contributed by atoms with van der Waals surface area (Å²) in [5.41, 5.74) is 10.4. The fourth-order valence-electron chi connectivity index (χ4n) is 2.51. The number of nitrogens with two attached hydrogens (primary N) is 1. The third kappa shape index (κ3) is 2.16. The van der Waals surface area contributed by atoms with E-state index in [1.165, 1.54) is 0 Å². The summed E-state index contributed by atoms with van der Waals surface area (Å²) < 4.78 is 12.6. The fourth-order valence-corrected chi connectivity index (χ4v) is 2.51. The highest BCUT2D eigenvalue weighted by atomic mass is 16.5. The van der Waals surface area contributed by atoms with Gasteiger partial charge in [-0.15, -0.1) is 0 Å². The standard InChI is InChI=1S/C16H17N3O2/c1-10-16(19-9-12(17)5-7-15(19)18-10)11-4-6-13(20-2)14(8-11)21-3/h4-9H,17H2,1-3H3. The maximum atomic E-state index is 5.89. The van der Waals surface area contributed by atoms with Crippen LogP contribution in [0, 0.1) is 6.92 Å². The van der Waals surface area contributed by atoms with Gasteiger partial charge in [-0.25, -0.2) is 4.98 Å². The lowest BCUT2D eigenvalue weighted by atomic mass is 10.1. The topological polar surface area (TPSA) is 61.8 Å². The van der Waals surface area contributed by atoms with E-state index in [1.54, 1.807) is 14.2 Å². The first-order valence-corrected chi connectivity index (χ1v) is 6.60. The summed E-state index contributed by atoms with van der Waals surface area (Å²) in [5.74, 6) is 1.39. The predicted octanol–water partition coefficient (Wildman–Crippen LogP) is 2.91. The summed E-state index contributed by atoms with van der Waals surface area (Å²) >= 11 is 0. The number of methoxy groups -OCH3 is 2. The van der Waals surface area contributed by atoms with Crippen molar-refractivity contribution < 1.29 is 9.47 Å². The van der Waals surface area contributed by atoms with Crippen LogP contribution >= 0.6 is 0 Å². The number of hydrogen-bond acceptors (Lipinski definition) is 4. The van der Waals surface area contributed by atoms with E-state index in [1.807, 2.05) is 47.9 Å². The molecule has 0 saturated heterocycles. The molecule has 0 atom stereocenters. The van der Waals surface area contributed by atoms with E-state index in [-0.39, 0.29) is 0 Å². The molecule has 0 amide bonds. The molecule has 1 aromatic carbocycles. The van der Waals surface area contributed by atoms with Gasteiger partial charge in [0, 0.05) is 17.4 Å². The Morgan fingerprint density at radius 3 is 2.52 bits per heavy atom. The number of nitrogens with zero attached hydrogens (tertiary/aromatic N) is 2. The number of fused-ring (bicyclic) bond motifs is 1. The molecule has 0 bridgehead atoms. The molecule has 0 aliphatic rings. The van der Waals surface area contributed by atoms with Crippen molar-refractivity contribution in [3.63, 3.8) is 0 Å². The zero-order chi connectivity index (χ0) is 15.0. The average Bonchev–Trinajstić information content (AvgIpc) is 2.81. The quantitative estimate of drug-likeness (QED) is 0.803. The number of hydrogen-bond donors (Lipinski definition) is 1. The van der Waals surface area contributed by atoms with Crippen molar-refractivity contribution in [1.82, 2.24) is 9.38 Å². The smallest absolute Gasteiger partial charge is 0.161 e. The molecule has 0 spiro atoms. The van der Waals surface area contributed by atoms with Crippen molar-refractivity contribution in [2.24, 2.45) is 0 Å². The number of imidazole rings is 1. The molecule has 3 rings (SSSR count). The summed E-state index contributed by atoms with van der Waals surface area (Å²) in [6, 6.07) is 9.57. The van der Waals surface area contributed by atoms with Crippen LogP contribution in [-0.4, -0.2) is 23.6 Å². The van der Waals surface area contributed by atoms with Crippen molar-refractivity contribution in [2.45, 2.75) is 6.92 Å². The molecule has 2 heterocycles. The molecular formula is C16H17N3O2. The van der Waals surface area contributed by atoms with E-state index in [2.05, 4.69) is 4.98 Å².